The van der Waals surface area contributed by atoms with Crippen LogP contribution in [0.5, 0.6) is 11.5 Å². The van der Waals surface area contributed by atoms with Crippen LogP contribution >= 0.6 is 15.9 Å². The number of carbonyl (C=O) groups excluding carboxylic acids is 1. The number of likely N-dealkylation sites (tertiary alicyclic amines) is 1. The maximum Gasteiger partial charge on any atom is 0.377 e. The molecule has 0 bridgehead atoms. The molecule has 0 unspecified atom stereocenters. The van der Waals surface area contributed by atoms with Gasteiger partial charge in [-0.25, -0.2) is 4.79 Å². The maximum atomic E-state index is 11.8. The lowest BCUT2D eigenvalue weighted by Gasteiger charge is -2.36. The molecule has 108 valence electrons. The second-order valence-corrected chi connectivity index (χ2v) is 5.50. The Labute approximate surface area is 124 Å². The van der Waals surface area contributed by atoms with Crippen molar-refractivity contribution in [3.05, 3.63) is 22.2 Å². The van der Waals surface area contributed by atoms with Crippen molar-refractivity contribution in [2.75, 3.05) is 27.2 Å². The second kappa shape index (κ2) is 5.80. The fourth-order valence-electron chi connectivity index (χ4n) is 2.01. The van der Waals surface area contributed by atoms with Crippen LogP contribution in [0.25, 0.3) is 0 Å². The first kappa shape index (κ1) is 14.8. The van der Waals surface area contributed by atoms with E-state index in [9.17, 15) is 9.59 Å². The molecule has 1 aromatic carbocycles. The van der Waals surface area contributed by atoms with E-state index in [0.717, 1.165) is 13.1 Å². The molecule has 7 heteroatoms. The van der Waals surface area contributed by atoms with Crippen LogP contribution in [0.2, 0.25) is 0 Å². The van der Waals surface area contributed by atoms with Gasteiger partial charge in [0.1, 0.15) is 6.10 Å². The van der Waals surface area contributed by atoms with Gasteiger partial charge in [0.05, 0.1) is 12.7 Å². The zero-order chi connectivity index (χ0) is 14.9. The Morgan fingerprint density at radius 2 is 2.05 bits per heavy atom. The lowest BCUT2D eigenvalue weighted by Crippen LogP contribution is -2.51. The summed E-state index contributed by atoms with van der Waals surface area (Å²) in [6, 6.07) is 3.06. The number of benzene rings is 1. The van der Waals surface area contributed by atoms with Crippen LogP contribution in [-0.2, 0) is 4.79 Å². The van der Waals surface area contributed by atoms with Crippen LogP contribution in [0.1, 0.15) is 10.4 Å². The number of rotatable bonds is 5. The smallest absolute Gasteiger partial charge is 0.377 e. The van der Waals surface area contributed by atoms with Crippen molar-refractivity contribution in [3.8, 4) is 11.5 Å². The summed E-state index contributed by atoms with van der Waals surface area (Å²) in [4.78, 5) is 24.7. The molecule has 1 aliphatic rings. The zero-order valence-electron chi connectivity index (χ0n) is 11.1. The largest absolute Gasteiger partial charge is 0.493 e. The minimum Gasteiger partial charge on any atom is -0.493 e. The van der Waals surface area contributed by atoms with E-state index in [1.165, 1.54) is 13.2 Å². The highest BCUT2D eigenvalue weighted by atomic mass is 79.9. The number of ether oxygens (including phenoxy) is 2. The topological polar surface area (TPSA) is 76.1 Å². The normalized spacial score (nSPS) is 15.6. The van der Waals surface area contributed by atoms with Crippen LogP contribution in [0.4, 0.5) is 0 Å². The third-order valence-electron chi connectivity index (χ3n) is 2.99. The average Bonchev–Trinajstić information content (AvgIpc) is 2.36. The van der Waals surface area contributed by atoms with E-state index in [0.29, 0.717) is 10.2 Å². The quantitative estimate of drug-likeness (QED) is 0.643. The Morgan fingerprint density at radius 3 is 2.55 bits per heavy atom. The number of likely N-dealkylation sites (N-methyl/N-ethyl adjacent to an activating group) is 1. The standard InChI is InChI=1S/C13H14BrNO5/c1-15-5-8(6-15)20-12-9(11(16)13(17)18)3-7(14)4-10(12)19-2/h3-4,8H,5-6H2,1-2H3,(H,17,18). The number of methoxy groups -OCH3 is 1. The van der Waals surface area contributed by atoms with E-state index in [4.69, 9.17) is 14.6 Å². The van der Waals surface area contributed by atoms with E-state index in [-0.39, 0.29) is 17.4 Å². The number of halogens is 1. The van der Waals surface area contributed by atoms with E-state index < -0.39 is 11.8 Å². The highest BCUT2D eigenvalue weighted by Crippen LogP contribution is 2.36. The van der Waals surface area contributed by atoms with Gasteiger partial charge in [-0.3, -0.25) is 9.69 Å². The van der Waals surface area contributed by atoms with E-state index in [1.807, 2.05) is 7.05 Å². The summed E-state index contributed by atoms with van der Waals surface area (Å²) in [5.74, 6) is -2.03. The molecule has 0 saturated carbocycles. The van der Waals surface area contributed by atoms with Gasteiger partial charge in [0.15, 0.2) is 11.5 Å². The summed E-state index contributed by atoms with van der Waals surface area (Å²) in [5, 5.41) is 8.89. The van der Waals surface area contributed by atoms with Gasteiger partial charge in [-0.05, 0) is 19.2 Å². The number of aliphatic carboxylic acids is 1. The van der Waals surface area contributed by atoms with Gasteiger partial charge in [-0.1, -0.05) is 15.9 Å². The number of carbonyl (C=O) groups is 2. The predicted octanol–water partition coefficient (Wildman–Crippen LogP) is 1.42. The van der Waals surface area contributed by atoms with Crippen LogP contribution in [0, 0.1) is 0 Å². The second-order valence-electron chi connectivity index (χ2n) is 4.58. The molecule has 0 spiro atoms. The van der Waals surface area contributed by atoms with Crippen molar-refractivity contribution in [3.63, 3.8) is 0 Å². The fourth-order valence-corrected chi connectivity index (χ4v) is 2.45. The Kier molecular flexibility index (Phi) is 4.29. The van der Waals surface area contributed by atoms with Gasteiger partial charge < -0.3 is 14.6 Å². The maximum absolute atomic E-state index is 11.8. The number of nitrogens with zero attached hydrogens (tertiary/aromatic N) is 1. The van der Waals surface area contributed by atoms with Gasteiger partial charge >= 0.3 is 5.97 Å². The van der Waals surface area contributed by atoms with Crippen molar-refractivity contribution in [2.45, 2.75) is 6.10 Å². The average molecular weight is 344 g/mol. The Hall–Kier alpha value is -1.60. The van der Waals surface area contributed by atoms with Crippen molar-refractivity contribution in [1.29, 1.82) is 0 Å². The first-order valence-corrected chi connectivity index (χ1v) is 6.72. The third-order valence-corrected chi connectivity index (χ3v) is 3.45. The lowest BCUT2D eigenvalue weighted by atomic mass is 10.1. The third kappa shape index (κ3) is 2.94. The first-order chi connectivity index (χ1) is 9.42. The van der Waals surface area contributed by atoms with Gasteiger partial charge in [0.25, 0.3) is 5.78 Å². The van der Waals surface area contributed by atoms with E-state index in [1.54, 1.807) is 6.07 Å². The molecule has 1 heterocycles. The molecule has 0 atom stereocenters. The molecule has 2 rings (SSSR count). The van der Waals surface area contributed by atoms with Gasteiger partial charge in [-0.2, -0.15) is 0 Å². The number of ketones is 1. The van der Waals surface area contributed by atoms with Crippen molar-refractivity contribution in [2.24, 2.45) is 0 Å². The van der Waals surface area contributed by atoms with Gasteiger partial charge in [-0.15, -0.1) is 0 Å². The van der Waals surface area contributed by atoms with Gasteiger partial charge in [0, 0.05) is 17.6 Å². The summed E-state index contributed by atoms with van der Waals surface area (Å²) < 4.78 is 11.5. The van der Waals surface area contributed by atoms with Crippen molar-refractivity contribution >= 4 is 27.7 Å². The predicted molar refractivity (Wildman–Crippen MR) is 74.6 cm³/mol. The molecule has 0 aromatic heterocycles. The zero-order valence-corrected chi connectivity index (χ0v) is 12.6. The van der Waals surface area contributed by atoms with Crippen LogP contribution < -0.4 is 9.47 Å². The SMILES string of the molecule is COc1cc(Br)cc(C(=O)C(=O)O)c1OC1CN(C)C1. The molecule has 1 fully saturated rings. The number of Topliss-reactive ketones (excluding diaryl/α,β-unsaturated/α-hetero) is 1. The number of hydrogen-bond donors (Lipinski definition) is 1. The van der Waals surface area contributed by atoms with Crippen LogP contribution in [0.3, 0.4) is 0 Å². The summed E-state index contributed by atoms with van der Waals surface area (Å²) in [6.07, 6.45) is -0.0737. The fraction of sp³-hybridized carbons (Fsp3) is 0.385. The number of carboxylic acid groups (broad SMARTS) is 1. The Morgan fingerprint density at radius 1 is 1.40 bits per heavy atom. The molecule has 6 nitrogen and oxygen atoms in total. The molecule has 0 radical (unpaired) electrons. The molecule has 0 amide bonds. The first-order valence-electron chi connectivity index (χ1n) is 5.92. The Balaban J connectivity index is 2.39. The molecule has 1 aromatic rings. The number of hydrogen-bond acceptors (Lipinski definition) is 5. The summed E-state index contributed by atoms with van der Waals surface area (Å²) in [5.41, 5.74) is -0.0155. The minimum atomic E-state index is -1.53. The molecule has 1 aliphatic heterocycles. The summed E-state index contributed by atoms with van der Waals surface area (Å²) in [7, 11) is 3.39. The van der Waals surface area contributed by atoms with Crippen molar-refractivity contribution in [1.82, 2.24) is 4.90 Å². The molecule has 1 N–H and O–H groups in total. The molecule has 20 heavy (non-hydrogen) atoms. The molecule has 0 aliphatic carbocycles. The summed E-state index contributed by atoms with van der Waals surface area (Å²) >= 11 is 3.22. The minimum absolute atomic E-state index is 0.0155. The van der Waals surface area contributed by atoms with Gasteiger partial charge in [0.2, 0.25) is 0 Å². The van der Waals surface area contributed by atoms with Crippen molar-refractivity contribution < 1.29 is 24.2 Å². The Bertz CT molecular complexity index is 554. The molecule has 1 saturated heterocycles. The molecular weight excluding hydrogens is 330 g/mol. The number of carboxylic acids is 1. The van der Waals surface area contributed by atoms with Crippen LogP contribution in [0.15, 0.2) is 16.6 Å². The van der Waals surface area contributed by atoms with Crippen LogP contribution in [-0.4, -0.2) is 55.1 Å². The highest BCUT2D eigenvalue weighted by Gasteiger charge is 2.30. The monoisotopic (exact) mass is 343 g/mol. The molecular formula is C13H14BrNO5. The van der Waals surface area contributed by atoms with E-state index in [2.05, 4.69) is 20.8 Å². The summed E-state index contributed by atoms with van der Waals surface area (Å²) in [6.45, 7) is 1.44. The van der Waals surface area contributed by atoms with E-state index >= 15 is 0 Å². The lowest BCUT2D eigenvalue weighted by molar-refractivity contribution is -0.131. The highest BCUT2D eigenvalue weighted by molar-refractivity contribution is 9.10.